The monoisotopic (exact) mass is 348 g/mol. The zero-order valence-electron chi connectivity index (χ0n) is 15.1. The Morgan fingerprint density at radius 2 is 1.68 bits per heavy atom. The number of hydrogen-bond acceptors (Lipinski definition) is 3. The van der Waals surface area contributed by atoms with E-state index in [2.05, 4.69) is 22.0 Å². The SMILES string of the molecule is CCN1CCN(C(=O)NC2CCN(Cc3ccc(F)cc3)CC2)CC1. The van der Waals surface area contributed by atoms with Crippen LogP contribution in [0.15, 0.2) is 24.3 Å². The van der Waals surface area contributed by atoms with E-state index in [4.69, 9.17) is 0 Å². The molecule has 138 valence electrons. The average Bonchev–Trinajstić information content (AvgIpc) is 2.65. The number of likely N-dealkylation sites (N-methyl/N-ethyl adjacent to an activating group) is 1. The van der Waals surface area contributed by atoms with Gasteiger partial charge in [-0.05, 0) is 37.1 Å². The van der Waals surface area contributed by atoms with Gasteiger partial charge in [0.05, 0.1) is 0 Å². The number of likely N-dealkylation sites (tertiary alicyclic amines) is 1. The van der Waals surface area contributed by atoms with E-state index in [9.17, 15) is 9.18 Å². The highest BCUT2D eigenvalue weighted by Crippen LogP contribution is 2.15. The van der Waals surface area contributed by atoms with Crippen molar-refractivity contribution >= 4 is 6.03 Å². The van der Waals surface area contributed by atoms with Crippen molar-refractivity contribution in [1.82, 2.24) is 20.0 Å². The summed E-state index contributed by atoms with van der Waals surface area (Å²) in [7, 11) is 0. The van der Waals surface area contributed by atoms with Crippen molar-refractivity contribution in [3.05, 3.63) is 35.6 Å². The second-order valence-electron chi connectivity index (χ2n) is 7.05. The Balaban J connectivity index is 1.39. The van der Waals surface area contributed by atoms with E-state index in [0.29, 0.717) is 0 Å². The summed E-state index contributed by atoms with van der Waals surface area (Å²) in [6, 6.07) is 7.08. The van der Waals surface area contributed by atoms with Crippen LogP contribution >= 0.6 is 0 Å². The molecule has 0 radical (unpaired) electrons. The summed E-state index contributed by atoms with van der Waals surface area (Å²) in [5.74, 6) is -0.190. The number of nitrogens with zero attached hydrogens (tertiary/aromatic N) is 3. The van der Waals surface area contributed by atoms with Gasteiger partial charge in [0.2, 0.25) is 0 Å². The Kier molecular flexibility index (Phi) is 6.26. The zero-order chi connectivity index (χ0) is 17.6. The molecule has 2 heterocycles. The molecule has 0 bridgehead atoms. The van der Waals surface area contributed by atoms with Crippen LogP contribution in [0, 0.1) is 5.82 Å². The third-order valence-electron chi connectivity index (χ3n) is 5.34. The molecule has 1 N–H and O–H groups in total. The van der Waals surface area contributed by atoms with Gasteiger partial charge in [0, 0.05) is 51.9 Å². The highest BCUT2D eigenvalue weighted by molar-refractivity contribution is 5.74. The van der Waals surface area contributed by atoms with Crippen LogP contribution in [0.1, 0.15) is 25.3 Å². The molecule has 1 aromatic carbocycles. The maximum absolute atomic E-state index is 13.0. The summed E-state index contributed by atoms with van der Waals surface area (Å²) in [6.07, 6.45) is 1.95. The highest BCUT2D eigenvalue weighted by Gasteiger charge is 2.25. The second-order valence-corrected chi connectivity index (χ2v) is 7.05. The fourth-order valence-corrected chi connectivity index (χ4v) is 3.62. The Morgan fingerprint density at radius 1 is 1.04 bits per heavy atom. The predicted octanol–water partition coefficient (Wildman–Crippen LogP) is 2.14. The standard InChI is InChI=1S/C19H29FN4O/c1-2-22-11-13-24(14-12-22)19(25)21-18-7-9-23(10-8-18)15-16-3-5-17(20)6-4-16/h3-6,18H,2,7-15H2,1H3,(H,21,25). The smallest absolute Gasteiger partial charge is 0.317 e. The molecule has 2 aliphatic heterocycles. The second kappa shape index (κ2) is 8.63. The highest BCUT2D eigenvalue weighted by atomic mass is 19.1. The van der Waals surface area contributed by atoms with E-state index in [0.717, 1.165) is 70.8 Å². The molecule has 5 nitrogen and oxygen atoms in total. The molecule has 0 atom stereocenters. The van der Waals surface area contributed by atoms with Gasteiger partial charge in [-0.25, -0.2) is 9.18 Å². The molecular formula is C19H29FN4O. The minimum Gasteiger partial charge on any atom is -0.335 e. The van der Waals surface area contributed by atoms with Crippen LogP contribution in [0.2, 0.25) is 0 Å². The molecule has 2 fully saturated rings. The largest absolute Gasteiger partial charge is 0.335 e. The fraction of sp³-hybridized carbons (Fsp3) is 0.632. The summed E-state index contributed by atoms with van der Waals surface area (Å²) >= 11 is 0. The van der Waals surface area contributed by atoms with Gasteiger partial charge in [0.15, 0.2) is 0 Å². The Hall–Kier alpha value is -1.66. The molecule has 6 heteroatoms. The third-order valence-corrected chi connectivity index (χ3v) is 5.34. The van der Waals surface area contributed by atoms with Crippen LogP contribution in [0.4, 0.5) is 9.18 Å². The summed E-state index contributed by atoms with van der Waals surface area (Å²) < 4.78 is 13.0. The molecule has 2 aliphatic rings. The number of carbonyl (C=O) groups is 1. The lowest BCUT2D eigenvalue weighted by atomic mass is 10.0. The quantitative estimate of drug-likeness (QED) is 0.906. The zero-order valence-corrected chi connectivity index (χ0v) is 15.1. The van der Waals surface area contributed by atoms with E-state index in [1.54, 1.807) is 0 Å². The first-order valence-corrected chi connectivity index (χ1v) is 9.38. The number of urea groups is 1. The molecule has 25 heavy (non-hydrogen) atoms. The molecule has 1 aromatic rings. The molecule has 2 saturated heterocycles. The number of amides is 2. The minimum absolute atomic E-state index is 0.0905. The van der Waals surface area contributed by atoms with Gasteiger partial charge in [-0.3, -0.25) is 4.90 Å². The van der Waals surface area contributed by atoms with Crippen LogP contribution in [-0.2, 0) is 6.54 Å². The number of benzene rings is 1. The normalized spacial score (nSPS) is 20.6. The third kappa shape index (κ3) is 5.16. The van der Waals surface area contributed by atoms with Crippen LogP contribution < -0.4 is 5.32 Å². The molecular weight excluding hydrogens is 319 g/mol. The van der Waals surface area contributed by atoms with Gasteiger partial charge < -0.3 is 15.1 Å². The maximum Gasteiger partial charge on any atom is 0.317 e. The number of carbonyl (C=O) groups excluding carboxylic acids is 1. The van der Waals surface area contributed by atoms with E-state index >= 15 is 0 Å². The number of piperidine rings is 1. The lowest BCUT2D eigenvalue weighted by Gasteiger charge is -2.37. The maximum atomic E-state index is 13.0. The predicted molar refractivity (Wildman–Crippen MR) is 96.9 cm³/mol. The molecule has 0 unspecified atom stereocenters. The molecule has 3 rings (SSSR count). The van der Waals surface area contributed by atoms with Crippen LogP contribution in [0.5, 0.6) is 0 Å². The summed E-state index contributed by atoms with van der Waals surface area (Å²) in [5.41, 5.74) is 1.14. The average molecular weight is 348 g/mol. The van der Waals surface area contributed by atoms with Crippen molar-refractivity contribution in [1.29, 1.82) is 0 Å². The van der Waals surface area contributed by atoms with E-state index < -0.39 is 0 Å². The number of hydrogen-bond donors (Lipinski definition) is 1. The van der Waals surface area contributed by atoms with Crippen molar-refractivity contribution in [2.75, 3.05) is 45.8 Å². The number of halogens is 1. The van der Waals surface area contributed by atoms with Crippen LogP contribution in [0.25, 0.3) is 0 Å². The van der Waals surface area contributed by atoms with Gasteiger partial charge in [-0.15, -0.1) is 0 Å². The van der Waals surface area contributed by atoms with Crippen molar-refractivity contribution < 1.29 is 9.18 Å². The van der Waals surface area contributed by atoms with Gasteiger partial charge >= 0.3 is 6.03 Å². The summed E-state index contributed by atoms with van der Waals surface area (Å²) in [5, 5.41) is 3.21. The van der Waals surface area contributed by atoms with E-state index in [1.807, 2.05) is 17.0 Å². The van der Waals surface area contributed by atoms with Gasteiger partial charge in [-0.2, -0.15) is 0 Å². The van der Waals surface area contributed by atoms with Crippen molar-refractivity contribution in [2.45, 2.75) is 32.4 Å². The Morgan fingerprint density at radius 3 is 2.28 bits per heavy atom. The molecule has 2 amide bonds. The first kappa shape index (κ1) is 18.1. The Bertz CT molecular complexity index is 549. The molecule has 0 saturated carbocycles. The molecule has 0 aliphatic carbocycles. The summed E-state index contributed by atoms with van der Waals surface area (Å²) in [4.78, 5) is 19.1. The molecule has 0 spiro atoms. The van der Waals surface area contributed by atoms with Crippen LogP contribution in [-0.4, -0.2) is 72.6 Å². The summed E-state index contributed by atoms with van der Waals surface area (Å²) in [6.45, 7) is 9.58. The first-order valence-electron chi connectivity index (χ1n) is 9.38. The lowest BCUT2D eigenvalue weighted by Crippen LogP contribution is -2.54. The molecule has 0 aromatic heterocycles. The fourth-order valence-electron chi connectivity index (χ4n) is 3.62. The topological polar surface area (TPSA) is 38.8 Å². The van der Waals surface area contributed by atoms with Gasteiger partial charge in [-0.1, -0.05) is 19.1 Å². The van der Waals surface area contributed by atoms with Crippen molar-refractivity contribution in [3.8, 4) is 0 Å². The number of nitrogens with one attached hydrogen (secondary N) is 1. The number of piperazine rings is 1. The minimum atomic E-state index is -0.190. The van der Waals surface area contributed by atoms with Crippen molar-refractivity contribution in [3.63, 3.8) is 0 Å². The first-order chi connectivity index (χ1) is 12.1. The van der Waals surface area contributed by atoms with Gasteiger partial charge in [0.25, 0.3) is 0 Å². The Labute approximate surface area is 149 Å². The van der Waals surface area contributed by atoms with E-state index in [-0.39, 0.29) is 17.9 Å². The number of rotatable bonds is 4. The lowest BCUT2D eigenvalue weighted by molar-refractivity contribution is 0.134. The van der Waals surface area contributed by atoms with Crippen LogP contribution in [0.3, 0.4) is 0 Å². The van der Waals surface area contributed by atoms with E-state index in [1.165, 1.54) is 12.1 Å². The van der Waals surface area contributed by atoms with Gasteiger partial charge in [0.1, 0.15) is 5.82 Å². The van der Waals surface area contributed by atoms with Crippen molar-refractivity contribution in [2.24, 2.45) is 0 Å².